The number of nitroso groups, excluding NO2 is 1. The first-order valence-electron chi connectivity index (χ1n) is 6.34. The lowest BCUT2D eigenvalue weighted by atomic mass is 9.87. The molecule has 1 unspecified atom stereocenters. The quantitative estimate of drug-likeness (QED) is 0.578. The van der Waals surface area contributed by atoms with Crippen molar-refractivity contribution in [3.05, 3.63) is 23.1 Å². The molecule has 0 fully saturated rings. The fourth-order valence-electron chi connectivity index (χ4n) is 2.08. The second-order valence-corrected chi connectivity index (χ2v) is 5.64. The van der Waals surface area contributed by atoms with Gasteiger partial charge in [0.1, 0.15) is 12.4 Å². The number of hydrogen-bond donors (Lipinski definition) is 0. The summed E-state index contributed by atoms with van der Waals surface area (Å²) in [6.07, 6.45) is 4.98. The molecule has 1 heterocycles. The van der Waals surface area contributed by atoms with E-state index < -0.39 is 0 Å². The lowest BCUT2D eigenvalue weighted by molar-refractivity contribution is -0.679. The molecule has 102 valence electrons. The summed E-state index contributed by atoms with van der Waals surface area (Å²) in [6.45, 7) is 9.26. The molecule has 0 aromatic carbocycles. The van der Waals surface area contributed by atoms with Crippen molar-refractivity contribution in [2.24, 2.45) is 17.6 Å². The summed E-state index contributed by atoms with van der Waals surface area (Å²) in [5.74, 6) is 0.855. The zero-order chi connectivity index (χ0) is 13.8. The van der Waals surface area contributed by atoms with E-state index in [4.69, 9.17) is 4.74 Å². The van der Waals surface area contributed by atoms with Gasteiger partial charge in [0.2, 0.25) is 0 Å². The van der Waals surface area contributed by atoms with Gasteiger partial charge in [-0.05, 0) is 11.8 Å². The molecule has 18 heavy (non-hydrogen) atoms. The van der Waals surface area contributed by atoms with Crippen molar-refractivity contribution < 1.29 is 9.30 Å². The summed E-state index contributed by atoms with van der Waals surface area (Å²) in [7, 11) is 1.90. The van der Waals surface area contributed by atoms with E-state index >= 15 is 0 Å². The van der Waals surface area contributed by atoms with Crippen LogP contribution in [0.1, 0.15) is 39.9 Å². The van der Waals surface area contributed by atoms with Crippen molar-refractivity contribution >= 4 is 0 Å². The Morgan fingerprint density at radius 3 is 2.67 bits per heavy atom. The van der Waals surface area contributed by atoms with Crippen molar-refractivity contribution in [2.45, 2.75) is 53.5 Å². The van der Waals surface area contributed by atoms with Gasteiger partial charge in [-0.1, -0.05) is 32.9 Å². The molecule has 1 atom stereocenters. The highest BCUT2D eigenvalue weighted by Gasteiger charge is 2.25. The summed E-state index contributed by atoms with van der Waals surface area (Å²) in [5, 5.41) is 2.95. The molecule has 0 radical (unpaired) electrons. The maximum Gasteiger partial charge on any atom is 0.283 e. The molecule has 0 saturated heterocycles. The highest BCUT2D eigenvalue weighted by Crippen LogP contribution is 2.25. The highest BCUT2D eigenvalue weighted by molar-refractivity contribution is 4.82. The summed E-state index contributed by atoms with van der Waals surface area (Å²) in [6, 6.07) is 0. The van der Waals surface area contributed by atoms with Crippen LogP contribution in [0.15, 0.2) is 17.6 Å². The number of imidazole rings is 1. The van der Waals surface area contributed by atoms with Crippen LogP contribution in [0.2, 0.25) is 0 Å². The predicted molar refractivity (Wildman–Crippen MR) is 69.7 cm³/mol. The Hall–Kier alpha value is -1.23. The van der Waals surface area contributed by atoms with E-state index in [1.54, 1.807) is 0 Å². The fraction of sp³-hybridized carbons (Fsp3) is 0.769. The largest absolute Gasteiger partial charge is 0.338 e. The van der Waals surface area contributed by atoms with E-state index in [0.29, 0.717) is 6.73 Å². The van der Waals surface area contributed by atoms with Crippen molar-refractivity contribution in [1.29, 1.82) is 0 Å². The normalized spacial score (nSPS) is 13.6. The first-order chi connectivity index (χ1) is 8.40. The smallest absolute Gasteiger partial charge is 0.283 e. The minimum absolute atomic E-state index is 0.118. The number of aromatic nitrogens is 2. The lowest BCUT2D eigenvalue weighted by Gasteiger charge is -2.29. The van der Waals surface area contributed by atoms with E-state index in [2.05, 4.69) is 32.9 Å². The van der Waals surface area contributed by atoms with Crippen molar-refractivity contribution in [1.82, 2.24) is 4.57 Å². The monoisotopic (exact) mass is 254 g/mol. The number of ether oxygens (including phenoxy) is 1. The molecule has 5 nitrogen and oxygen atoms in total. The van der Waals surface area contributed by atoms with Gasteiger partial charge in [0.25, 0.3) is 5.82 Å². The van der Waals surface area contributed by atoms with Gasteiger partial charge in [0.05, 0.1) is 13.2 Å². The second-order valence-electron chi connectivity index (χ2n) is 5.64. The molecular weight excluding hydrogens is 230 g/mol. The van der Waals surface area contributed by atoms with Crippen LogP contribution in [0.5, 0.6) is 0 Å². The van der Waals surface area contributed by atoms with Gasteiger partial charge in [0.15, 0.2) is 13.3 Å². The van der Waals surface area contributed by atoms with Gasteiger partial charge in [-0.15, -0.1) is 0 Å². The van der Waals surface area contributed by atoms with Crippen LogP contribution >= 0.6 is 0 Å². The molecule has 5 heteroatoms. The minimum Gasteiger partial charge on any atom is -0.338 e. The predicted octanol–water partition coefficient (Wildman–Crippen LogP) is 2.38. The summed E-state index contributed by atoms with van der Waals surface area (Å²) in [5.41, 5.74) is 0.118. The first kappa shape index (κ1) is 14.8. The Balaban J connectivity index is 2.71. The summed E-state index contributed by atoms with van der Waals surface area (Å²) in [4.78, 5) is 10.4. The molecule has 0 N–H and O–H groups in total. The molecule has 0 aliphatic carbocycles. The Morgan fingerprint density at radius 1 is 1.50 bits per heavy atom. The van der Waals surface area contributed by atoms with Gasteiger partial charge in [-0.3, -0.25) is 0 Å². The SMILES string of the molecule is CCC(OCn1cc[n+](C)c1CN=O)C(C)(C)C. The number of aryl methyl sites for hydroxylation is 1. The van der Waals surface area contributed by atoms with Crippen molar-refractivity contribution in [3.8, 4) is 0 Å². The standard InChI is InChI=1S/C13H24N3O2/c1-6-11(13(2,3)4)18-10-16-8-7-15(5)12(16)9-14-17/h7-8,11H,6,9-10H2,1-5H3/q+1. The molecular formula is C13H24N3O2+. The van der Waals surface area contributed by atoms with Crippen LogP contribution in [-0.2, 0) is 25.1 Å². The van der Waals surface area contributed by atoms with Crippen molar-refractivity contribution in [2.75, 3.05) is 0 Å². The molecule has 1 rings (SSSR count). The van der Waals surface area contributed by atoms with Crippen LogP contribution in [0.4, 0.5) is 0 Å². The van der Waals surface area contributed by atoms with Gasteiger partial charge in [-0.25, -0.2) is 9.13 Å². The summed E-state index contributed by atoms with van der Waals surface area (Å²) >= 11 is 0. The zero-order valence-corrected chi connectivity index (χ0v) is 12.0. The second kappa shape index (κ2) is 6.09. The minimum atomic E-state index is 0.118. The van der Waals surface area contributed by atoms with E-state index in [1.807, 2.05) is 28.6 Å². The Kier molecular flexibility index (Phi) is 5.02. The van der Waals surface area contributed by atoms with Crippen LogP contribution in [-0.4, -0.2) is 10.7 Å². The summed E-state index contributed by atoms with van der Waals surface area (Å²) < 4.78 is 9.77. The third-order valence-electron chi connectivity index (χ3n) is 3.17. The van der Waals surface area contributed by atoms with E-state index in [0.717, 1.165) is 12.2 Å². The number of nitrogens with zero attached hydrogens (tertiary/aromatic N) is 3. The average Bonchev–Trinajstić information content (AvgIpc) is 2.61. The van der Waals surface area contributed by atoms with Crippen molar-refractivity contribution in [3.63, 3.8) is 0 Å². The Bertz CT molecular complexity index is 393. The third-order valence-corrected chi connectivity index (χ3v) is 3.17. The lowest BCUT2D eigenvalue weighted by Crippen LogP contribution is -2.33. The average molecular weight is 254 g/mol. The Morgan fingerprint density at radius 2 is 2.17 bits per heavy atom. The third kappa shape index (κ3) is 3.63. The topological polar surface area (TPSA) is 47.5 Å². The Labute approximate surface area is 109 Å². The zero-order valence-electron chi connectivity index (χ0n) is 12.0. The number of rotatable bonds is 6. The van der Waals surface area contributed by atoms with E-state index in [1.165, 1.54) is 0 Å². The van der Waals surface area contributed by atoms with E-state index in [9.17, 15) is 4.91 Å². The van der Waals surface area contributed by atoms with Crippen LogP contribution in [0.25, 0.3) is 0 Å². The van der Waals surface area contributed by atoms with Crippen LogP contribution in [0.3, 0.4) is 0 Å². The molecule has 0 aliphatic heterocycles. The first-order valence-corrected chi connectivity index (χ1v) is 6.34. The maximum absolute atomic E-state index is 10.4. The molecule has 0 saturated carbocycles. The number of hydrogen-bond acceptors (Lipinski definition) is 3. The maximum atomic E-state index is 10.4. The molecule has 0 spiro atoms. The van der Waals surface area contributed by atoms with Gasteiger partial charge < -0.3 is 4.74 Å². The molecule has 0 bridgehead atoms. The molecule has 1 aromatic rings. The van der Waals surface area contributed by atoms with E-state index in [-0.39, 0.29) is 18.1 Å². The molecule has 0 aliphatic rings. The van der Waals surface area contributed by atoms with Gasteiger partial charge >= 0.3 is 0 Å². The highest BCUT2D eigenvalue weighted by atomic mass is 16.5. The molecule has 0 amide bonds. The van der Waals surface area contributed by atoms with Crippen LogP contribution in [0, 0.1) is 10.3 Å². The van der Waals surface area contributed by atoms with Crippen LogP contribution < -0.4 is 4.57 Å². The fourth-order valence-corrected chi connectivity index (χ4v) is 2.08. The van der Waals surface area contributed by atoms with Gasteiger partial charge in [-0.2, -0.15) is 4.91 Å². The van der Waals surface area contributed by atoms with Gasteiger partial charge in [0, 0.05) is 0 Å². The molecule has 1 aromatic heterocycles.